The second kappa shape index (κ2) is 4.91. The summed E-state index contributed by atoms with van der Waals surface area (Å²) in [6.45, 7) is 0.784. The van der Waals surface area contributed by atoms with Crippen molar-refractivity contribution >= 4 is 12.4 Å². The Morgan fingerprint density at radius 2 is 2.30 bits per heavy atom. The fourth-order valence-corrected chi connectivity index (χ4v) is 1.02. The Labute approximate surface area is 67.3 Å². The summed E-state index contributed by atoms with van der Waals surface area (Å²) < 4.78 is 10.1. The first-order chi connectivity index (χ1) is 4.34. The van der Waals surface area contributed by atoms with Crippen molar-refractivity contribution in [3.63, 3.8) is 0 Å². The number of nitrogens with two attached hydrogens (primary N) is 1. The fraction of sp³-hybridized carbons (Fsp3) is 1.00. The number of hydrogen-bond donors (Lipinski definition) is 1. The lowest BCUT2D eigenvalue weighted by atomic mass is 10.1. The third-order valence-corrected chi connectivity index (χ3v) is 1.55. The van der Waals surface area contributed by atoms with E-state index in [1.165, 1.54) is 0 Å². The molecule has 0 aliphatic carbocycles. The average Bonchev–Trinajstić information content (AvgIpc) is 1.89. The Balaban J connectivity index is 0.000000810. The molecule has 4 heteroatoms. The molecule has 1 aliphatic rings. The maximum atomic E-state index is 5.64. The quantitative estimate of drug-likeness (QED) is 0.620. The number of hydrogen-bond acceptors (Lipinski definition) is 3. The zero-order valence-corrected chi connectivity index (χ0v) is 6.89. The molecule has 0 aromatic heterocycles. The van der Waals surface area contributed by atoms with Gasteiger partial charge in [0.05, 0.1) is 6.04 Å². The molecule has 0 spiro atoms. The smallest absolute Gasteiger partial charge is 0.172 e. The van der Waals surface area contributed by atoms with Crippen molar-refractivity contribution in [2.24, 2.45) is 5.73 Å². The molecule has 2 N–H and O–H groups in total. The van der Waals surface area contributed by atoms with Gasteiger partial charge in [-0.05, 0) is 12.8 Å². The van der Waals surface area contributed by atoms with E-state index in [1.54, 1.807) is 7.11 Å². The van der Waals surface area contributed by atoms with E-state index in [0.29, 0.717) is 0 Å². The molecule has 1 aliphatic heterocycles. The maximum Gasteiger partial charge on any atom is 0.172 e. The van der Waals surface area contributed by atoms with E-state index in [9.17, 15) is 0 Å². The lowest BCUT2D eigenvalue weighted by Gasteiger charge is -2.27. The predicted octanol–water partition coefficient (Wildman–Crippen LogP) is 0.518. The third kappa shape index (κ3) is 2.42. The number of ether oxygens (including phenoxy) is 2. The van der Waals surface area contributed by atoms with Gasteiger partial charge in [-0.25, -0.2) is 0 Å². The van der Waals surface area contributed by atoms with E-state index in [-0.39, 0.29) is 24.7 Å². The second-order valence-electron chi connectivity index (χ2n) is 2.28. The molecule has 1 saturated heterocycles. The first-order valence-electron chi connectivity index (χ1n) is 3.24. The predicted molar refractivity (Wildman–Crippen MR) is 41.2 cm³/mol. The molecular weight excluding hydrogens is 154 g/mol. The van der Waals surface area contributed by atoms with Crippen LogP contribution < -0.4 is 5.73 Å². The summed E-state index contributed by atoms with van der Waals surface area (Å²) in [5.74, 6) is 0. The number of rotatable bonds is 1. The SMILES string of the molecule is CO[C@@H]1OCCC[C@@H]1N.Cl. The van der Waals surface area contributed by atoms with E-state index < -0.39 is 0 Å². The Bertz CT molecular complexity index is 91.8. The molecule has 1 rings (SSSR count). The van der Waals surface area contributed by atoms with Gasteiger partial charge in [-0.1, -0.05) is 0 Å². The summed E-state index contributed by atoms with van der Waals surface area (Å²) >= 11 is 0. The van der Waals surface area contributed by atoms with Gasteiger partial charge < -0.3 is 15.2 Å². The van der Waals surface area contributed by atoms with Crippen LogP contribution in [0.3, 0.4) is 0 Å². The zero-order chi connectivity index (χ0) is 6.69. The van der Waals surface area contributed by atoms with Crippen LogP contribution in [0.1, 0.15) is 12.8 Å². The standard InChI is InChI=1S/C6H13NO2.ClH/c1-8-6-5(7)3-2-4-9-6;/h5-6H,2-4,7H2,1H3;1H/t5-,6+;/m0./s1. The molecule has 0 radical (unpaired) electrons. The normalized spacial score (nSPS) is 33.0. The molecule has 0 aromatic carbocycles. The maximum absolute atomic E-state index is 5.64. The van der Waals surface area contributed by atoms with Gasteiger partial charge in [0.2, 0.25) is 0 Å². The fourth-order valence-electron chi connectivity index (χ4n) is 1.02. The molecule has 2 atom stereocenters. The average molecular weight is 168 g/mol. The van der Waals surface area contributed by atoms with Crippen LogP contribution in [0, 0.1) is 0 Å². The van der Waals surface area contributed by atoms with Crippen molar-refractivity contribution in [1.82, 2.24) is 0 Å². The highest BCUT2D eigenvalue weighted by Crippen LogP contribution is 2.11. The highest BCUT2D eigenvalue weighted by atomic mass is 35.5. The van der Waals surface area contributed by atoms with E-state index in [0.717, 1.165) is 19.4 Å². The number of halogens is 1. The van der Waals surface area contributed by atoms with Crippen molar-refractivity contribution < 1.29 is 9.47 Å². The lowest BCUT2D eigenvalue weighted by molar-refractivity contribution is -0.155. The van der Waals surface area contributed by atoms with Gasteiger partial charge in [0.15, 0.2) is 6.29 Å². The molecule has 1 heterocycles. The Morgan fingerprint density at radius 3 is 2.70 bits per heavy atom. The van der Waals surface area contributed by atoms with Crippen molar-refractivity contribution in [1.29, 1.82) is 0 Å². The second-order valence-corrected chi connectivity index (χ2v) is 2.28. The van der Waals surface area contributed by atoms with Gasteiger partial charge in [0.1, 0.15) is 0 Å². The van der Waals surface area contributed by atoms with Crippen LogP contribution in [0.25, 0.3) is 0 Å². The van der Waals surface area contributed by atoms with Crippen LogP contribution in [-0.4, -0.2) is 26.0 Å². The van der Waals surface area contributed by atoms with Crippen LogP contribution in [0.5, 0.6) is 0 Å². The van der Waals surface area contributed by atoms with E-state index in [1.807, 2.05) is 0 Å². The van der Waals surface area contributed by atoms with Crippen LogP contribution in [-0.2, 0) is 9.47 Å². The molecule has 1 fully saturated rings. The van der Waals surface area contributed by atoms with Crippen LogP contribution in [0.4, 0.5) is 0 Å². The minimum atomic E-state index is -0.168. The van der Waals surface area contributed by atoms with Crippen molar-refractivity contribution in [3.05, 3.63) is 0 Å². The van der Waals surface area contributed by atoms with Crippen LogP contribution in [0.15, 0.2) is 0 Å². The Kier molecular flexibility index (Phi) is 4.99. The van der Waals surface area contributed by atoms with Gasteiger partial charge in [-0.2, -0.15) is 0 Å². The summed E-state index contributed by atoms with van der Waals surface area (Å²) in [6.07, 6.45) is 1.90. The summed E-state index contributed by atoms with van der Waals surface area (Å²) in [4.78, 5) is 0. The molecule has 10 heavy (non-hydrogen) atoms. The van der Waals surface area contributed by atoms with E-state index >= 15 is 0 Å². The minimum Gasteiger partial charge on any atom is -0.354 e. The van der Waals surface area contributed by atoms with Gasteiger partial charge in [-0.15, -0.1) is 12.4 Å². The van der Waals surface area contributed by atoms with Crippen LogP contribution >= 0.6 is 12.4 Å². The third-order valence-electron chi connectivity index (χ3n) is 1.55. The highest BCUT2D eigenvalue weighted by molar-refractivity contribution is 5.85. The number of methoxy groups -OCH3 is 1. The largest absolute Gasteiger partial charge is 0.354 e. The molecule has 3 nitrogen and oxygen atoms in total. The molecular formula is C6H14ClNO2. The molecule has 0 bridgehead atoms. The molecule has 0 saturated carbocycles. The first kappa shape index (κ1) is 10.2. The van der Waals surface area contributed by atoms with Crippen LogP contribution in [0.2, 0.25) is 0 Å². The summed E-state index contributed by atoms with van der Waals surface area (Å²) in [5.41, 5.74) is 5.64. The van der Waals surface area contributed by atoms with Crippen molar-refractivity contribution in [2.45, 2.75) is 25.2 Å². The van der Waals surface area contributed by atoms with Gasteiger partial charge in [0, 0.05) is 13.7 Å². The van der Waals surface area contributed by atoms with Crippen molar-refractivity contribution in [3.8, 4) is 0 Å². The first-order valence-corrected chi connectivity index (χ1v) is 3.24. The molecule has 0 unspecified atom stereocenters. The lowest BCUT2D eigenvalue weighted by Crippen LogP contribution is -2.41. The topological polar surface area (TPSA) is 44.5 Å². The summed E-state index contributed by atoms with van der Waals surface area (Å²) in [5, 5.41) is 0. The van der Waals surface area contributed by atoms with Gasteiger partial charge in [-0.3, -0.25) is 0 Å². The minimum absolute atomic E-state index is 0. The van der Waals surface area contributed by atoms with Gasteiger partial charge >= 0.3 is 0 Å². The highest BCUT2D eigenvalue weighted by Gasteiger charge is 2.21. The van der Waals surface area contributed by atoms with E-state index in [4.69, 9.17) is 15.2 Å². The Morgan fingerprint density at radius 1 is 1.60 bits per heavy atom. The zero-order valence-electron chi connectivity index (χ0n) is 6.08. The van der Waals surface area contributed by atoms with Gasteiger partial charge in [0.25, 0.3) is 0 Å². The molecule has 0 amide bonds. The van der Waals surface area contributed by atoms with Crippen molar-refractivity contribution in [2.75, 3.05) is 13.7 Å². The Hall–Kier alpha value is 0.170. The molecule has 62 valence electrons. The summed E-state index contributed by atoms with van der Waals surface area (Å²) in [6, 6.07) is 0.0729. The van der Waals surface area contributed by atoms with E-state index in [2.05, 4.69) is 0 Å². The monoisotopic (exact) mass is 167 g/mol. The molecule has 0 aromatic rings. The summed E-state index contributed by atoms with van der Waals surface area (Å²) in [7, 11) is 1.62.